The van der Waals surface area contributed by atoms with Crippen LogP contribution >= 0.6 is 11.6 Å². The average Bonchev–Trinajstić information content (AvgIpc) is 3.33. The molecular formula is C17H20ClN5O. The van der Waals surface area contributed by atoms with E-state index in [1.807, 2.05) is 23.1 Å². The topological polar surface area (TPSA) is 63.9 Å². The largest absolute Gasteiger partial charge is 0.332 e. The number of aromatic nitrogens is 4. The predicted molar refractivity (Wildman–Crippen MR) is 89.8 cm³/mol. The van der Waals surface area contributed by atoms with Crippen molar-refractivity contribution in [3.63, 3.8) is 0 Å². The Kier molecular flexibility index (Phi) is 4.22. The van der Waals surface area contributed by atoms with E-state index in [1.54, 1.807) is 6.07 Å². The van der Waals surface area contributed by atoms with Crippen molar-refractivity contribution in [2.24, 2.45) is 5.92 Å². The van der Waals surface area contributed by atoms with E-state index in [9.17, 15) is 4.79 Å². The molecule has 0 radical (unpaired) electrons. The van der Waals surface area contributed by atoms with Gasteiger partial charge in [0.15, 0.2) is 5.82 Å². The van der Waals surface area contributed by atoms with Crippen LogP contribution in [0.2, 0.25) is 5.02 Å². The Hall–Kier alpha value is -1.95. The predicted octanol–water partition coefficient (Wildman–Crippen LogP) is 3.17. The van der Waals surface area contributed by atoms with Crippen molar-refractivity contribution in [2.75, 3.05) is 6.54 Å². The summed E-state index contributed by atoms with van der Waals surface area (Å²) in [4.78, 5) is 16.2. The van der Waals surface area contributed by atoms with Crippen molar-refractivity contribution in [3.05, 3.63) is 35.1 Å². The van der Waals surface area contributed by atoms with Crippen molar-refractivity contribution < 1.29 is 4.79 Å². The molecule has 2 heterocycles. The van der Waals surface area contributed by atoms with Crippen LogP contribution in [0.25, 0.3) is 5.69 Å². The molecule has 6 nitrogen and oxygen atoms in total. The molecule has 2 fully saturated rings. The molecule has 1 aromatic carbocycles. The number of rotatable bonds is 3. The highest BCUT2D eigenvalue weighted by molar-refractivity contribution is 6.30. The molecule has 4 rings (SSSR count). The molecule has 0 spiro atoms. The molecule has 1 unspecified atom stereocenters. The Morgan fingerprint density at radius 3 is 2.79 bits per heavy atom. The third-order valence-electron chi connectivity index (χ3n) is 5.01. The van der Waals surface area contributed by atoms with Gasteiger partial charge in [0.05, 0.1) is 11.7 Å². The maximum Gasteiger partial charge on any atom is 0.226 e. The fourth-order valence-electron chi connectivity index (χ4n) is 3.77. The number of tetrazole rings is 1. The van der Waals surface area contributed by atoms with Crippen LogP contribution in [0.5, 0.6) is 0 Å². The number of benzene rings is 1. The summed E-state index contributed by atoms with van der Waals surface area (Å²) in [6.07, 6.45) is 6.26. The van der Waals surface area contributed by atoms with Gasteiger partial charge in [-0.3, -0.25) is 4.79 Å². The number of hydrogen-bond donors (Lipinski definition) is 0. The Bertz CT molecular complexity index is 740. The first-order chi connectivity index (χ1) is 11.7. The van der Waals surface area contributed by atoms with Crippen LogP contribution in [0.3, 0.4) is 0 Å². The van der Waals surface area contributed by atoms with Crippen LogP contribution in [0.1, 0.15) is 50.4 Å². The molecule has 7 heteroatoms. The number of hydrogen-bond acceptors (Lipinski definition) is 4. The summed E-state index contributed by atoms with van der Waals surface area (Å²) in [6, 6.07) is 7.29. The molecule has 1 aromatic heterocycles. The zero-order valence-corrected chi connectivity index (χ0v) is 14.2. The van der Waals surface area contributed by atoms with Crippen molar-refractivity contribution in [1.29, 1.82) is 0 Å². The molecule has 1 aliphatic carbocycles. The van der Waals surface area contributed by atoms with Crippen molar-refractivity contribution in [1.82, 2.24) is 25.1 Å². The second-order valence-electron chi connectivity index (χ2n) is 6.59. The van der Waals surface area contributed by atoms with Crippen molar-refractivity contribution in [2.45, 2.75) is 44.6 Å². The third-order valence-corrected chi connectivity index (χ3v) is 5.24. The van der Waals surface area contributed by atoms with Crippen LogP contribution in [-0.4, -0.2) is 37.6 Å². The number of amides is 1. The second kappa shape index (κ2) is 6.51. The van der Waals surface area contributed by atoms with Crippen LogP contribution in [0.15, 0.2) is 24.3 Å². The number of carbonyl (C=O) groups is 1. The molecule has 0 N–H and O–H groups in total. The summed E-state index contributed by atoms with van der Waals surface area (Å²) < 4.78 is 0. The quantitative estimate of drug-likeness (QED) is 0.857. The minimum absolute atomic E-state index is 0.0500. The lowest BCUT2D eigenvalue weighted by molar-refractivity contribution is -0.136. The molecule has 2 aliphatic rings. The van der Waals surface area contributed by atoms with Crippen LogP contribution < -0.4 is 0 Å². The first-order valence-corrected chi connectivity index (χ1v) is 8.96. The van der Waals surface area contributed by atoms with Crippen molar-refractivity contribution >= 4 is 17.5 Å². The van der Waals surface area contributed by atoms with E-state index in [2.05, 4.69) is 15.4 Å². The average molecular weight is 346 g/mol. The molecule has 1 saturated carbocycles. The Morgan fingerprint density at radius 2 is 2.00 bits per heavy atom. The smallest absolute Gasteiger partial charge is 0.226 e. The lowest BCUT2D eigenvalue weighted by atomic mass is 10.1. The summed E-state index contributed by atoms with van der Waals surface area (Å²) in [5, 5.41) is 13.5. The SMILES string of the molecule is O=C(C1CCCC1)N1CCCC1c1nnn(-c2cccc(Cl)c2)n1. The van der Waals surface area contributed by atoms with E-state index in [4.69, 9.17) is 11.6 Å². The number of carbonyl (C=O) groups excluding carboxylic acids is 1. The lowest BCUT2D eigenvalue weighted by Crippen LogP contribution is -2.35. The molecular weight excluding hydrogens is 326 g/mol. The fraction of sp³-hybridized carbons (Fsp3) is 0.529. The highest BCUT2D eigenvalue weighted by Gasteiger charge is 2.37. The van der Waals surface area contributed by atoms with Gasteiger partial charge in [0.2, 0.25) is 5.91 Å². The summed E-state index contributed by atoms with van der Waals surface area (Å²) in [6.45, 7) is 0.797. The first-order valence-electron chi connectivity index (χ1n) is 8.59. The van der Waals surface area contributed by atoms with Crippen LogP contribution in [-0.2, 0) is 4.79 Å². The Balaban J connectivity index is 1.55. The number of halogens is 1. The maximum atomic E-state index is 12.8. The fourth-order valence-corrected chi connectivity index (χ4v) is 3.96. The minimum Gasteiger partial charge on any atom is -0.332 e. The van der Waals surface area contributed by atoms with Gasteiger partial charge < -0.3 is 4.90 Å². The molecule has 1 amide bonds. The van der Waals surface area contributed by atoms with Crippen LogP contribution in [0.4, 0.5) is 0 Å². The van der Waals surface area contributed by atoms with Gasteiger partial charge in [-0.2, -0.15) is 0 Å². The molecule has 126 valence electrons. The molecule has 0 bridgehead atoms. The van der Waals surface area contributed by atoms with E-state index in [-0.39, 0.29) is 17.9 Å². The van der Waals surface area contributed by atoms with Gasteiger partial charge in [0.25, 0.3) is 0 Å². The molecule has 1 saturated heterocycles. The first kappa shape index (κ1) is 15.6. The summed E-state index contributed by atoms with van der Waals surface area (Å²) in [7, 11) is 0. The highest BCUT2D eigenvalue weighted by atomic mass is 35.5. The zero-order chi connectivity index (χ0) is 16.5. The standard InChI is InChI=1S/C17H20ClN5O/c18-13-7-3-8-14(11-13)23-20-16(19-21-23)15-9-4-10-22(15)17(24)12-5-1-2-6-12/h3,7-8,11-12,15H,1-2,4-6,9-10H2. The van der Waals surface area contributed by atoms with Crippen molar-refractivity contribution in [3.8, 4) is 5.69 Å². The highest BCUT2D eigenvalue weighted by Crippen LogP contribution is 2.35. The Labute approximate surface area is 145 Å². The van der Waals surface area contributed by atoms with E-state index in [0.29, 0.717) is 10.8 Å². The maximum absolute atomic E-state index is 12.8. The summed E-state index contributed by atoms with van der Waals surface area (Å²) >= 11 is 6.02. The second-order valence-corrected chi connectivity index (χ2v) is 7.02. The summed E-state index contributed by atoms with van der Waals surface area (Å²) in [5.41, 5.74) is 0.771. The van der Waals surface area contributed by atoms with Gasteiger partial charge in [-0.25, -0.2) is 0 Å². The van der Waals surface area contributed by atoms with Gasteiger partial charge in [0.1, 0.15) is 0 Å². The van der Waals surface area contributed by atoms with E-state index in [0.717, 1.165) is 50.8 Å². The van der Waals surface area contributed by atoms with Gasteiger partial charge in [0, 0.05) is 17.5 Å². The van der Waals surface area contributed by atoms with E-state index in [1.165, 1.54) is 4.80 Å². The van der Waals surface area contributed by atoms with Gasteiger partial charge >= 0.3 is 0 Å². The normalized spacial score (nSPS) is 21.5. The lowest BCUT2D eigenvalue weighted by Gasteiger charge is -2.25. The zero-order valence-electron chi connectivity index (χ0n) is 13.4. The number of likely N-dealkylation sites (tertiary alicyclic amines) is 1. The van der Waals surface area contributed by atoms with E-state index >= 15 is 0 Å². The van der Waals surface area contributed by atoms with Gasteiger partial charge in [-0.05, 0) is 49.1 Å². The molecule has 2 aromatic rings. The van der Waals surface area contributed by atoms with Gasteiger partial charge in [-0.15, -0.1) is 15.0 Å². The van der Waals surface area contributed by atoms with Crippen LogP contribution in [0, 0.1) is 5.92 Å². The third kappa shape index (κ3) is 2.90. The molecule has 1 aliphatic heterocycles. The Morgan fingerprint density at radius 1 is 1.17 bits per heavy atom. The molecule has 1 atom stereocenters. The number of nitrogens with zero attached hydrogens (tertiary/aromatic N) is 5. The van der Waals surface area contributed by atoms with Gasteiger partial charge in [-0.1, -0.05) is 30.5 Å². The monoisotopic (exact) mass is 345 g/mol. The minimum atomic E-state index is -0.0500. The molecule has 24 heavy (non-hydrogen) atoms. The van der Waals surface area contributed by atoms with E-state index < -0.39 is 0 Å². The summed E-state index contributed by atoms with van der Waals surface area (Å²) in [5.74, 6) is 1.08.